The van der Waals surface area contributed by atoms with E-state index in [1.165, 1.54) is 24.3 Å². The molecule has 0 saturated carbocycles. The number of benzene rings is 2. The minimum absolute atomic E-state index is 0.0252. The Morgan fingerprint density at radius 2 is 1.66 bits per heavy atom. The zero-order valence-electron chi connectivity index (χ0n) is 16.4. The highest BCUT2D eigenvalue weighted by Crippen LogP contribution is 2.30. The molecule has 6 nitrogen and oxygen atoms in total. The van der Waals surface area contributed by atoms with Crippen LogP contribution in [0.1, 0.15) is 23.6 Å². The molecule has 0 spiro atoms. The van der Waals surface area contributed by atoms with Crippen molar-refractivity contribution < 1.29 is 27.8 Å². The maximum atomic E-state index is 12.9. The SMILES string of the molecule is Cc1cc(C)cc(OCCN2C(=O)N[C@](C)(c3ccc(OC(F)F)cc3)C2=O)c1. The van der Waals surface area contributed by atoms with Crippen LogP contribution in [-0.4, -0.2) is 36.6 Å². The van der Waals surface area contributed by atoms with Gasteiger partial charge in [0.05, 0.1) is 6.54 Å². The number of rotatable bonds is 7. The summed E-state index contributed by atoms with van der Waals surface area (Å²) in [5.74, 6) is 0.212. The van der Waals surface area contributed by atoms with E-state index >= 15 is 0 Å². The highest BCUT2D eigenvalue weighted by molar-refractivity contribution is 6.07. The predicted molar refractivity (Wildman–Crippen MR) is 102 cm³/mol. The third kappa shape index (κ3) is 4.47. The summed E-state index contributed by atoms with van der Waals surface area (Å²) in [5.41, 5.74) is 1.29. The van der Waals surface area contributed by atoms with Crippen molar-refractivity contribution in [2.24, 2.45) is 0 Å². The third-order valence-corrected chi connectivity index (χ3v) is 4.71. The lowest BCUT2D eigenvalue weighted by molar-refractivity contribution is -0.131. The Morgan fingerprint density at radius 1 is 1.03 bits per heavy atom. The molecular formula is C21H22F2N2O4. The monoisotopic (exact) mass is 404 g/mol. The fourth-order valence-corrected chi connectivity index (χ4v) is 3.34. The molecule has 0 unspecified atom stereocenters. The van der Waals surface area contributed by atoms with Crippen LogP contribution in [0.2, 0.25) is 0 Å². The number of carbonyl (C=O) groups excluding carboxylic acids is 2. The van der Waals surface area contributed by atoms with Gasteiger partial charge in [0.25, 0.3) is 5.91 Å². The zero-order chi connectivity index (χ0) is 21.2. The number of urea groups is 1. The molecule has 29 heavy (non-hydrogen) atoms. The van der Waals surface area contributed by atoms with Crippen LogP contribution in [-0.2, 0) is 10.3 Å². The maximum Gasteiger partial charge on any atom is 0.387 e. The Kier molecular flexibility index (Phi) is 5.72. The summed E-state index contributed by atoms with van der Waals surface area (Å²) >= 11 is 0. The lowest BCUT2D eigenvalue weighted by Gasteiger charge is -2.22. The van der Waals surface area contributed by atoms with Crippen molar-refractivity contribution >= 4 is 11.9 Å². The van der Waals surface area contributed by atoms with Gasteiger partial charge in [0.1, 0.15) is 23.6 Å². The number of hydrogen-bond donors (Lipinski definition) is 1. The number of amides is 3. The van der Waals surface area contributed by atoms with Gasteiger partial charge in [-0.1, -0.05) is 18.2 Å². The highest BCUT2D eigenvalue weighted by atomic mass is 19.3. The van der Waals surface area contributed by atoms with E-state index in [2.05, 4.69) is 10.1 Å². The fourth-order valence-electron chi connectivity index (χ4n) is 3.34. The molecular weight excluding hydrogens is 382 g/mol. The van der Waals surface area contributed by atoms with Crippen molar-refractivity contribution in [2.75, 3.05) is 13.2 Å². The largest absolute Gasteiger partial charge is 0.492 e. The Labute approximate surface area is 167 Å². The highest BCUT2D eigenvalue weighted by Gasteiger charge is 2.48. The number of imide groups is 1. The first-order valence-corrected chi connectivity index (χ1v) is 9.09. The molecule has 1 atom stereocenters. The van der Waals surface area contributed by atoms with Crippen molar-refractivity contribution in [1.82, 2.24) is 10.2 Å². The number of alkyl halides is 2. The average Bonchev–Trinajstić information content (AvgIpc) is 2.85. The van der Waals surface area contributed by atoms with Gasteiger partial charge < -0.3 is 14.8 Å². The molecule has 154 valence electrons. The molecule has 1 saturated heterocycles. The van der Waals surface area contributed by atoms with Crippen molar-refractivity contribution in [1.29, 1.82) is 0 Å². The molecule has 0 bridgehead atoms. The van der Waals surface area contributed by atoms with Crippen molar-refractivity contribution in [3.8, 4) is 11.5 Å². The number of nitrogens with zero attached hydrogens (tertiary/aromatic N) is 1. The van der Waals surface area contributed by atoms with Crippen LogP contribution in [0.5, 0.6) is 11.5 Å². The van der Waals surface area contributed by atoms with E-state index < -0.39 is 24.1 Å². The predicted octanol–water partition coefficient (Wildman–Crippen LogP) is 3.75. The second-order valence-electron chi connectivity index (χ2n) is 7.09. The average molecular weight is 404 g/mol. The molecule has 3 rings (SSSR count). The van der Waals surface area contributed by atoms with Crippen LogP contribution in [0.3, 0.4) is 0 Å². The molecule has 3 amide bonds. The Balaban J connectivity index is 1.66. The van der Waals surface area contributed by atoms with Crippen LogP contribution in [0.15, 0.2) is 42.5 Å². The van der Waals surface area contributed by atoms with E-state index in [1.807, 2.05) is 32.0 Å². The smallest absolute Gasteiger partial charge is 0.387 e. The summed E-state index contributed by atoms with van der Waals surface area (Å²) in [6.45, 7) is 2.79. The van der Waals surface area contributed by atoms with Crippen LogP contribution in [0.25, 0.3) is 0 Å². The lowest BCUT2D eigenvalue weighted by Crippen LogP contribution is -2.41. The van der Waals surface area contributed by atoms with Gasteiger partial charge in [-0.25, -0.2) is 4.79 Å². The minimum Gasteiger partial charge on any atom is -0.492 e. The summed E-state index contributed by atoms with van der Waals surface area (Å²) in [6, 6.07) is 10.9. The standard InChI is InChI=1S/C21H22F2N2O4/c1-13-10-14(2)12-17(11-13)28-9-8-25-18(26)21(3,24-20(25)27)15-4-6-16(7-5-15)29-19(22)23/h4-7,10-12,19H,8-9H2,1-3H3,(H,24,27)/t21-/m1/s1. The zero-order valence-corrected chi connectivity index (χ0v) is 16.4. The molecule has 8 heteroatoms. The van der Waals surface area contributed by atoms with Gasteiger partial charge in [0.2, 0.25) is 0 Å². The van der Waals surface area contributed by atoms with Crippen LogP contribution >= 0.6 is 0 Å². The van der Waals surface area contributed by atoms with Crippen LogP contribution < -0.4 is 14.8 Å². The van der Waals surface area contributed by atoms with E-state index in [0.717, 1.165) is 16.0 Å². The quantitative estimate of drug-likeness (QED) is 0.714. The summed E-state index contributed by atoms with van der Waals surface area (Å²) < 4.78 is 34.6. The number of aryl methyl sites for hydroxylation is 2. The Bertz CT molecular complexity index is 897. The van der Waals surface area contributed by atoms with Gasteiger partial charge in [0, 0.05) is 0 Å². The van der Waals surface area contributed by atoms with E-state index in [0.29, 0.717) is 11.3 Å². The van der Waals surface area contributed by atoms with Gasteiger partial charge in [-0.3, -0.25) is 9.69 Å². The first-order valence-electron chi connectivity index (χ1n) is 9.09. The number of ether oxygens (including phenoxy) is 2. The number of carbonyl (C=O) groups is 2. The second-order valence-corrected chi connectivity index (χ2v) is 7.09. The second kappa shape index (κ2) is 8.06. The maximum absolute atomic E-state index is 12.9. The van der Waals surface area contributed by atoms with Gasteiger partial charge in [-0.05, 0) is 61.7 Å². The molecule has 0 aromatic heterocycles. The van der Waals surface area contributed by atoms with Crippen LogP contribution in [0, 0.1) is 13.8 Å². The molecule has 1 heterocycles. The van der Waals surface area contributed by atoms with Crippen molar-refractivity contribution in [3.63, 3.8) is 0 Å². The molecule has 1 N–H and O–H groups in total. The summed E-state index contributed by atoms with van der Waals surface area (Å²) in [4.78, 5) is 26.3. The number of hydrogen-bond acceptors (Lipinski definition) is 4. The van der Waals surface area contributed by atoms with E-state index in [9.17, 15) is 18.4 Å². The molecule has 1 aliphatic heterocycles. The third-order valence-electron chi connectivity index (χ3n) is 4.71. The fraction of sp³-hybridized carbons (Fsp3) is 0.333. The topological polar surface area (TPSA) is 67.9 Å². The van der Waals surface area contributed by atoms with E-state index in [4.69, 9.17) is 4.74 Å². The summed E-state index contributed by atoms with van der Waals surface area (Å²) in [7, 11) is 0. The van der Waals surface area contributed by atoms with E-state index in [-0.39, 0.29) is 18.9 Å². The van der Waals surface area contributed by atoms with Gasteiger partial charge in [-0.15, -0.1) is 0 Å². The molecule has 1 aliphatic rings. The van der Waals surface area contributed by atoms with Gasteiger partial charge in [-0.2, -0.15) is 8.78 Å². The van der Waals surface area contributed by atoms with Crippen molar-refractivity contribution in [3.05, 3.63) is 59.2 Å². The summed E-state index contributed by atoms with van der Waals surface area (Å²) in [6.07, 6.45) is 0. The molecule has 0 aliphatic carbocycles. The first-order chi connectivity index (χ1) is 13.7. The molecule has 0 radical (unpaired) electrons. The van der Waals surface area contributed by atoms with Gasteiger partial charge in [0.15, 0.2) is 0 Å². The molecule has 2 aromatic carbocycles. The van der Waals surface area contributed by atoms with Crippen LogP contribution in [0.4, 0.5) is 13.6 Å². The Hall–Kier alpha value is -3.16. The minimum atomic E-state index is -2.93. The molecule has 1 fully saturated rings. The summed E-state index contributed by atoms with van der Waals surface area (Å²) in [5, 5.41) is 2.67. The Morgan fingerprint density at radius 3 is 2.24 bits per heavy atom. The molecule has 2 aromatic rings. The number of nitrogens with one attached hydrogen (secondary N) is 1. The normalized spacial score (nSPS) is 18.9. The first kappa shape index (κ1) is 20.6. The van der Waals surface area contributed by atoms with Gasteiger partial charge >= 0.3 is 12.6 Å². The van der Waals surface area contributed by atoms with Crippen molar-refractivity contribution in [2.45, 2.75) is 32.9 Å². The van der Waals surface area contributed by atoms with E-state index in [1.54, 1.807) is 6.92 Å². The lowest BCUT2D eigenvalue weighted by atomic mass is 9.92. The number of halogens is 2.